The summed E-state index contributed by atoms with van der Waals surface area (Å²) in [5.74, 6) is 1.95. The molecule has 8 heteroatoms. The van der Waals surface area contributed by atoms with Gasteiger partial charge in [0.05, 0.1) is 0 Å². The van der Waals surface area contributed by atoms with E-state index in [1.54, 1.807) is 6.07 Å². The molecule has 2 atom stereocenters. The van der Waals surface area contributed by atoms with Crippen molar-refractivity contribution in [3.05, 3.63) is 51.7 Å². The van der Waals surface area contributed by atoms with Crippen molar-refractivity contribution in [2.45, 2.75) is 45.6 Å². The molecule has 2 aromatic rings. The Hall–Kier alpha value is -2.74. The third kappa shape index (κ3) is 4.81. The van der Waals surface area contributed by atoms with E-state index in [1.165, 1.54) is 5.69 Å². The van der Waals surface area contributed by atoms with Gasteiger partial charge in [0.15, 0.2) is 0 Å². The van der Waals surface area contributed by atoms with E-state index >= 15 is 0 Å². The zero-order valence-corrected chi connectivity index (χ0v) is 19.7. The van der Waals surface area contributed by atoms with Crippen LogP contribution in [0.3, 0.4) is 0 Å². The smallest absolute Gasteiger partial charge is 0.250 e. The molecule has 5 heterocycles. The second-order valence-electron chi connectivity index (χ2n) is 9.96. The van der Waals surface area contributed by atoms with E-state index in [4.69, 9.17) is 0 Å². The molecular weight excluding hydrogens is 416 g/mol. The number of nitrogens with one attached hydrogen (secondary N) is 1. The van der Waals surface area contributed by atoms with Gasteiger partial charge in [0.1, 0.15) is 0 Å². The lowest BCUT2D eigenvalue weighted by molar-refractivity contribution is -0.125. The second kappa shape index (κ2) is 9.25. The topological polar surface area (TPSA) is 83.4 Å². The number of amides is 1. The van der Waals surface area contributed by atoms with Crippen molar-refractivity contribution in [3.63, 3.8) is 0 Å². The Bertz CT molecular complexity index is 1050. The third-order valence-electron chi connectivity index (χ3n) is 7.40. The summed E-state index contributed by atoms with van der Waals surface area (Å²) in [7, 11) is 0. The van der Waals surface area contributed by atoms with Gasteiger partial charge in [-0.2, -0.15) is 0 Å². The van der Waals surface area contributed by atoms with E-state index in [1.807, 2.05) is 30.5 Å². The molecule has 0 spiro atoms. The molecule has 0 aromatic carbocycles. The summed E-state index contributed by atoms with van der Waals surface area (Å²) >= 11 is 0. The predicted molar refractivity (Wildman–Crippen MR) is 127 cm³/mol. The minimum absolute atomic E-state index is 0.0617. The Labute approximate surface area is 195 Å². The predicted octanol–water partition coefficient (Wildman–Crippen LogP) is 1.71. The molecule has 2 aromatic heterocycles. The highest BCUT2D eigenvalue weighted by Crippen LogP contribution is 2.34. The van der Waals surface area contributed by atoms with Crippen LogP contribution in [0.4, 0.5) is 5.95 Å². The first-order chi connectivity index (χ1) is 16.0. The van der Waals surface area contributed by atoms with Crippen LogP contribution in [0.1, 0.15) is 42.3 Å². The van der Waals surface area contributed by atoms with Gasteiger partial charge in [0.2, 0.25) is 11.9 Å². The number of rotatable bonds is 5. The standard InChI is InChI=1S/C25H34N6O2/c1-17-12-18(2)28-25(27-17)30-9-6-20(7-10-30)24(33)26-8-11-29-14-19-13-21(16-29)22-4-3-5-23(32)31(22)15-19/h3-5,12,19-21H,6-11,13-16H2,1-2H3,(H,26,33). The molecule has 3 aliphatic heterocycles. The monoisotopic (exact) mass is 450 g/mol. The lowest BCUT2D eigenvalue weighted by Crippen LogP contribution is -2.49. The van der Waals surface area contributed by atoms with E-state index in [0.717, 1.165) is 75.9 Å². The number of nitrogens with zero attached hydrogens (tertiary/aromatic N) is 5. The Balaban J connectivity index is 1.09. The number of aryl methyl sites for hydroxylation is 2. The van der Waals surface area contributed by atoms with Gasteiger partial charge in [-0.05, 0) is 51.2 Å². The maximum absolute atomic E-state index is 12.8. The van der Waals surface area contributed by atoms with Crippen LogP contribution in [0, 0.1) is 25.7 Å². The van der Waals surface area contributed by atoms with Crippen LogP contribution in [0.15, 0.2) is 29.1 Å². The van der Waals surface area contributed by atoms with Gasteiger partial charge in [0, 0.05) is 80.8 Å². The summed E-state index contributed by atoms with van der Waals surface area (Å²) in [4.78, 5) is 38.7. The number of hydrogen-bond donors (Lipinski definition) is 1. The van der Waals surface area contributed by atoms with Gasteiger partial charge >= 0.3 is 0 Å². The number of pyridine rings is 1. The fourth-order valence-electron chi connectivity index (χ4n) is 5.85. The van der Waals surface area contributed by atoms with E-state index in [9.17, 15) is 9.59 Å². The van der Waals surface area contributed by atoms with Crippen molar-refractivity contribution in [1.82, 2.24) is 24.8 Å². The molecule has 2 bridgehead atoms. The summed E-state index contributed by atoms with van der Waals surface area (Å²) in [5.41, 5.74) is 3.26. The molecule has 2 unspecified atom stereocenters. The van der Waals surface area contributed by atoms with Crippen molar-refractivity contribution in [3.8, 4) is 0 Å². The summed E-state index contributed by atoms with van der Waals surface area (Å²) in [6, 6.07) is 7.63. The number of fused-ring (bicyclic) bond motifs is 4. The second-order valence-corrected chi connectivity index (χ2v) is 9.96. The number of likely N-dealkylation sites (tertiary alicyclic amines) is 1. The van der Waals surface area contributed by atoms with Crippen LogP contribution in [-0.2, 0) is 11.3 Å². The highest BCUT2D eigenvalue weighted by atomic mass is 16.2. The van der Waals surface area contributed by atoms with E-state index in [2.05, 4.69) is 31.2 Å². The molecular formula is C25H34N6O2. The van der Waals surface area contributed by atoms with Gasteiger partial charge in [-0.1, -0.05) is 6.07 Å². The molecule has 2 saturated heterocycles. The molecule has 0 saturated carbocycles. The van der Waals surface area contributed by atoms with Crippen LogP contribution < -0.4 is 15.8 Å². The SMILES string of the molecule is Cc1cc(C)nc(N2CCC(C(=O)NCCN3CC4CC(C3)c3cccc(=O)n3C4)CC2)n1. The van der Waals surface area contributed by atoms with Crippen molar-refractivity contribution in [2.75, 3.05) is 44.2 Å². The fraction of sp³-hybridized carbons (Fsp3) is 0.600. The minimum atomic E-state index is 0.0617. The molecule has 0 aliphatic carbocycles. The lowest BCUT2D eigenvalue weighted by atomic mass is 9.83. The minimum Gasteiger partial charge on any atom is -0.355 e. The van der Waals surface area contributed by atoms with Crippen molar-refractivity contribution >= 4 is 11.9 Å². The first-order valence-electron chi connectivity index (χ1n) is 12.2. The van der Waals surface area contributed by atoms with Gasteiger partial charge in [-0.25, -0.2) is 9.97 Å². The molecule has 2 fully saturated rings. The van der Waals surface area contributed by atoms with Crippen LogP contribution in [0.2, 0.25) is 0 Å². The molecule has 176 valence electrons. The maximum atomic E-state index is 12.8. The third-order valence-corrected chi connectivity index (χ3v) is 7.40. The summed E-state index contributed by atoms with van der Waals surface area (Å²) < 4.78 is 1.97. The first kappa shape index (κ1) is 22.1. The van der Waals surface area contributed by atoms with Crippen molar-refractivity contribution in [2.24, 2.45) is 11.8 Å². The average Bonchev–Trinajstić information content (AvgIpc) is 2.79. The van der Waals surface area contributed by atoms with Gasteiger partial charge in [-0.15, -0.1) is 0 Å². The molecule has 8 nitrogen and oxygen atoms in total. The molecule has 5 rings (SSSR count). The molecule has 1 amide bonds. The number of hydrogen-bond acceptors (Lipinski definition) is 6. The van der Waals surface area contributed by atoms with Crippen LogP contribution in [-0.4, -0.2) is 64.6 Å². The molecule has 33 heavy (non-hydrogen) atoms. The van der Waals surface area contributed by atoms with Gasteiger partial charge in [-0.3, -0.25) is 9.59 Å². The Morgan fingerprint density at radius 2 is 1.85 bits per heavy atom. The fourth-order valence-corrected chi connectivity index (χ4v) is 5.85. The first-order valence-corrected chi connectivity index (χ1v) is 12.2. The van der Waals surface area contributed by atoms with Gasteiger partial charge in [0.25, 0.3) is 5.56 Å². The largest absolute Gasteiger partial charge is 0.355 e. The number of carbonyl (C=O) groups is 1. The number of aromatic nitrogens is 3. The van der Waals surface area contributed by atoms with Crippen LogP contribution in [0.5, 0.6) is 0 Å². The number of carbonyl (C=O) groups excluding carboxylic acids is 1. The Kier molecular flexibility index (Phi) is 6.19. The Morgan fingerprint density at radius 1 is 1.09 bits per heavy atom. The van der Waals surface area contributed by atoms with Crippen molar-refractivity contribution in [1.29, 1.82) is 0 Å². The van der Waals surface area contributed by atoms with E-state index < -0.39 is 0 Å². The highest BCUT2D eigenvalue weighted by Gasteiger charge is 2.34. The summed E-state index contributed by atoms with van der Waals surface area (Å²) in [5, 5.41) is 3.18. The highest BCUT2D eigenvalue weighted by molar-refractivity contribution is 5.78. The number of piperidine rings is 2. The van der Waals surface area contributed by atoms with E-state index in [-0.39, 0.29) is 17.4 Å². The normalized spacial score (nSPS) is 23.3. The lowest BCUT2D eigenvalue weighted by Gasteiger charge is -2.42. The molecule has 1 N–H and O–H groups in total. The maximum Gasteiger partial charge on any atom is 0.250 e. The van der Waals surface area contributed by atoms with Crippen LogP contribution in [0.25, 0.3) is 0 Å². The zero-order chi connectivity index (χ0) is 22.9. The average molecular weight is 451 g/mol. The summed E-state index contributed by atoms with van der Waals surface area (Å²) in [6.45, 7) is 9.94. The Morgan fingerprint density at radius 3 is 2.61 bits per heavy atom. The summed E-state index contributed by atoms with van der Waals surface area (Å²) in [6.07, 6.45) is 2.83. The zero-order valence-electron chi connectivity index (χ0n) is 19.7. The van der Waals surface area contributed by atoms with E-state index in [0.29, 0.717) is 18.4 Å². The number of anilines is 1. The molecule has 3 aliphatic rings. The van der Waals surface area contributed by atoms with Crippen LogP contribution >= 0.6 is 0 Å². The van der Waals surface area contributed by atoms with Crippen molar-refractivity contribution < 1.29 is 4.79 Å². The van der Waals surface area contributed by atoms with Gasteiger partial charge < -0.3 is 19.7 Å². The quantitative estimate of drug-likeness (QED) is 0.747. The molecule has 0 radical (unpaired) electrons.